The van der Waals surface area contributed by atoms with Crippen molar-refractivity contribution in [2.24, 2.45) is 0 Å². The molecular formula is C25H28FNO7. The molecule has 2 aromatic carbocycles. The minimum atomic E-state index is -1.26. The maximum Gasteiger partial charge on any atom is 0.328 e. The summed E-state index contributed by atoms with van der Waals surface area (Å²) in [7, 11) is 5.40. The maximum atomic E-state index is 14.0. The molecule has 0 heterocycles. The number of ether oxygens (including phenoxy) is 2. The lowest BCUT2D eigenvalue weighted by Gasteiger charge is -2.13. The Balaban J connectivity index is 0.000000620. The number of ketones is 1. The number of halogens is 1. The highest BCUT2D eigenvalue weighted by Gasteiger charge is 2.10. The standard InChI is InChI=1S/C21H24FNO3.C4H4O4/c1-15-5-10-21(26-12-11-23(2)3)16(13-15)6-9-20(24)18-8-7-17(25-4)14-19(18)22;5-3(6)1-2-4(7)8/h5-10,13-14H,11-12H2,1-4H3;1-2H,(H,5,6)(H,7,8)/b9-6+;2-1+. The molecule has 182 valence electrons. The van der Waals surface area contributed by atoms with Gasteiger partial charge in [-0.05, 0) is 57.4 Å². The van der Waals surface area contributed by atoms with E-state index in [0.717, 1.165) is 17.7 Å². The van der Waals surface area contributed by atoms with Gasteiger partial charge in [0.15, 0.2) is 5.78 Å². The molecule has 0 aromatic heterocycles. The van der Waals surface area contributed by atoms with Crippen LogP contribution in [0.15, 0.2) is 54.6 Å². The quantitative estimate of drug-likeness (QED) is 0.397. The number of rotatable bonds is 10. The number of aryl methyl sites for hydroxylation is 1. The number of methoxy groups -OCH3 is 1. The molecule has 2 N–H and O–H groups in total. The van der Waals surface area contributed by atoms with Crippen molar-refractivity contribution in [2.45, 2.75) is 6.92 Å². The lowest BCUT2D eigenvalue weighted by atomic mass is 10.1. The van der Waals surface area contributed by atoms with Gasteiger partial charge in [-0.3, -0.25) is 4.79 Å². The number of benzene rings is 2. The molecular weight excluding hydrogens is 445 g/mol. The molecule has 0 saturated heterocycles. The van der Waals surface area contributed by atoms with Gasteiger partial charge in [0.1, 0.15) is 23.9 Å². The van der Waals surface area contributed by atoms with Crippen LogP contribution in [0.2, 0.25) is 0 Å². The second-order valence-electron chi connectivity index (χ2n) is 7.25. The molecule has 0 bridgehead atoms. The van der Waals surface area contributed by atoms with E-state index in [1.807, 2.05) is 44.1 Å². The third kappa shape index (κ3) is 10.6. The Morgan fingerprint density at radius 3 is 2.18 bits per heavy atom. The van der Waals surface area contributed by atoms with Gasteiger partial charge < -0.3 is 24.6 Å². The first kappa shape index (κ1) is 28.1. The molecule has 0 aliphatic heterocycles. The number of carbonyl (C=O) groups is 3. The Bertz CT molecular complexity index is 1050. The van der Waals surface area contributed by atoms with Gasteiger partial charge in [-0.2, -0.15) is 0 Å². The van der Waals surface area contributed by atoms with Crippen molar-refractivity contribution in [3.63, 3.8) is 0 Å². The zero-order valence-electron chi connectivity index (χ0n) is 19.4. The molecule has 0 saturated carbocycles. The number of nitrogens with zero attached hydrogens (tertiary/aromatic N) is 1. The topological polar surface area (TPSA) is 113 Å². The zero-order valence-corrected chi connectivity index (χ0v) is 19.4. The summed E-state index contributed by atoms with van der Waals surface area (Å²) < 4.78 is 24.8. The van der Waals surface area contributed by atoms with Crippen LogP contribution in [0.5, 0.6) is 11.5 Å². The molecule has 0 unspecified atom stereocenters. The van der Waals surface area contributed by atoms with Crippen LogP contribution in [0.4, 0.5) is 4.39 Å². The SMILES string of the molecule is COc1ccc(C(=O)/C=C/c2cc(C)ccc2OCCN(C)C)c(F)c1.O=C(O)/C=C/C(=O)O. The molecule has 2 rings (SSSR count). The lowest BCUT2D eigenvalue weighted by Crippen LogP contribution is -2.19. The van der Waals surface area contributed by atoms with Gasteiger partial charge in [-0.15, -0.1) is 0 Å². The van der Waals surface area contributed by atoms with Gasteiger partial charge in [-0.1, -0.05) is 11.6 Å². The van der Waals surface area contributed by atoms with Crippen molar-refractivity contribution in [1.82, 2.24) is 4.90 Å². The van der Waals surface area contributed by atoms with Crippen LogP contribution in [0.25, 0.3) is 6.08 Å². The number of allylic oxidation sites excluding steroid dienone is 1. The Kier molecular flexibility index (Phi) is 11.7. The fourth-order valence-electron chi connectivity index (χ4n) is 2.49. The number of carboxylic acid groups (broad SMARTS) is 2. The van der Waals surface area contributed by atoms with Crippen LogP contribution in [0.1, 0.15) is 21.5 Å². The average molecular weight is 473 g/mol. The van der Waals surface area contributed by atoms with Gasteiger partial charge in [-0.25, -0.2) is 14.0 Å². The molecule has 0 spiro atoms. The van der Waals surface area contributed by atoms with Gasteiger partial charge in [0.05, 0.1) is 12.7 Å². The van der Waals surface area contributed by atoms with Crippen LogP contribution >= 0.6 is 0 Å². The molecule has 9 heteroatoms. The minimum absolute atomic E-state index is 0.00443. The molecule has 0 radical (unpaired) electrons. The lowest BCUT2D eigenvalue weighted by molar-refractivity contribution is -0.134. The molecule has 0 aliphatic carbocycles. The predicted octanol–water partition coefficient (Wildman–Crippen LogP) is 3.69. The van der Waals surface area contributed by atoms with Crippen molar-refractivity contribution in [2.75, 3.05) is 34.4 Å². The van der Waals surface area contributed by atoms with Gasteiger partial charge >= 0.3 is 11.9 Å². The van der Waals surface area contributed by atoms with E-state index in [1.165, 1.54) is 25.3 Å². The smallest absolute Gasteiger partial charge is 0.328 e. The highest BCUT2D eigenvalue weighted by molar-refractivity contribution is 6.07. The number of hydrogen-bond donors (Lipinski definition) is 2. The molecule has 2 aromatic rings. The summed E-state index contributed by atoms with van der Waals surface area (Å²) in [6.07, 6.45) is 4.13. The number of aliphatic carboxylic acids is 2. The normalized spacial score (nSPS) is 10.8. The van der Waals surface area contributed by atoms with Crippen molar-refractivity contribution in [3.05, 3.63) is 77.1 Å². The molecule has 0 aliphatic rings. The average Bonchev–Trinajstić information content (AvgIpc) is 2.77. The summed E-state index contributed by atoms with van der Waals surface area (Å²) >= 11 is 0. The second kappa shape index (κ2) is 14.2. The summed E-state index contributed by atoms with van der Waals surface area (Å²) in [4.78, 5) is 33.5. The third-order valence-corrected chi connectivity index (χ3v) is 4.19. The first-order chi connectivity index (χ1) is 16.0. The van der Waals surface area contributed by atoms with E-state index in [2.05, 4.69) is 0 Å². The van der Waals surface area contributed by atoms with Crippen LogP contribution < -0.4 is 9.47 Å². The summed E-state index contributed by atoms with van der Waals surface area (Å²) in [6.45, 7) is 3.29. The van der Waals surface area contributed by atoms with Crippen LogP contribution in [0.3, 0.4) is 0 Å². The van der Waals surface area contributed by atoms with Gasteiger partial charge in [0.2, 0.25) is 0 Å². The summed E-state index contributed by atoms with van der Waals surface area (Å²) in [5.74, 6) is -2.47. The second-order valence-corrected chi connectivity index (χ2v) is 7.25. The van der Waals surface area contributed by atoms with Crippen LogP contribution in [-0.2, 0) is 9.59 Å². The summed E-state index contributed by atoms with van der Waals surface area (Å²) in [6, 6.07) is 9.94. The maximum absolute atomic E-state index is 14.0. The van der Waals surface area contributed by atoms with E-state index in [-0.39, 0.29) is 5.56 Å². The van der Waals surface area contributed by atoms with E-state index in [4.69, 9.17) is 19.7 Å². The summed E-state index contributed by atoms with van der Waals surface area (Å²) in [5.41, 5.74) is 1.84. The van der Waals surface area contributed by atoms with E-state index >= 15 is 0 Å². The molecule has 8 nitrogen and oxygen atoms in total. The molecule has 0 fully saturated rings. The van der Waals surface area contributed by atoms with Gasteiger partial charge in [0.25, 0.3) is 0 Å². The fourth-order valence-corrected chi connectivity index (χ4v) is 2.49. The molecule has 34 heavy (non-hydrogen) atoms. The van der Waals surface area contributed by atoms with Crippen molar-refractivity contribution in [1.29, 1.82) is 0 Å². The molecule has 0 amide bonds. The highest BCUT2D eigenvalue weighted by atomic mass is 19.1. The van der Waals surface area contributed by atoms with Crippen molar-refractivity contribution in [3.8, 4) is 11.5 Å². The van der Waals surface area contributed by atoms with Crippen molar-refractivity contribution < 1.29 is 38.5 Å². The number of hydrogen-bond acceptors (Lipinski definition) is 6. The zero-order chi connectivity index (χ0) is 25.7. The summed E-state index contributed by atoms with van der Waals surface area (Å²) in [5, 5.41) is 15.6. The van der Waals surface area contributed by atoms with Gasteiger partial charge in [0, 0.05) is 30.3 Å². The Hall–Kier alpha value is -3.98. The number of carboxylic acids is 2. The van der Waals surface area contributed by atoms with E-state index in [9.17, 15) is 18.8 Å². The van der Waals surface area contributed by atoms with E-state index in [1.54, 1.807) is 12.1 Å². The largest absolute Gasteiger partial charge is 0.497 e. The Morgan fingerprint density at radius 2 is 1.65 bits per heavy atom. The van der Waals surface area contributed by atoms with E-state index < -0.39 is 23.5 Å². The predicted molar refractivity (Wildman–Crippen MR) is 126 cm³/mol. The molecule has 0 atom stereocenters. The highest BCUT2D eigenvalue weighted by Crippen LogP contribution is 2.23. The Morgan fingerprint density at radius 1 is 1.00 bits per heavy atom. The van der Waals surface area contributed by atoms with Crippen LogP contribution in [0, 0.1) is 12.7 Å². The van der Waals surface area contributed by atoms with Crippen molar-refractivity contribution >= 4 is 23.8 Å². The number of likely N-dealkylation sites (N-methyl/N-ethyl adjacent to an activating group) is 1. The third-order valence-electron chi connectivity index (χ3n) is 4.19. The van der Waals surface area contributed by atoms with Crippen LogP contribution in [-0.4, -0.2) is 67.2 Å². The number of carbonyl (C=O) groups excluding carboxylic acids is 1. The minimum Gasteiger partial charge on any atom is -0.497 e. The monoisotopic (exact) mass is 473 g/mol. The Labute approximate surface area is 197 Å². The fraction of sp³-hybridized carbons (Fsp3) is 0.240. The van der Waals surface area contributed by atoms with E-state index in [0.29, 0.717) is 30.3 Å². The first-order valence-electron chi connectivity index (χ1n) is 10.1. The first-order valence-corrected chi connectivity index (χ1v) is 10.1.